The first kappa shape index (κ1) is 8.58. The summed E-state index contributed by atoms with van der Waals surface area (Å²) in [6.45, 7) is 0. The Morgan fingerprint density at radius 1 is 1.62 bits per heavy atom. The van der Waals surface area contributed by atoms with Crippen LogP contribution >= 0.6 is 11.8 Å². The molecule has 2 rings (SSSR count). The van der Waals surface area contributed by atoms with Crippen molar-refractivity contribution in [3.05, 3.63) is 24.0 Å². The fraction of sp³-hybridized carbons (Fsp3) is 0.400. The van der Waals surface area contributed by atoms with Crippen molar-refractivity contribution in [3.8, 4) is 6.07 Å². The molecule has 1 aromatic rings. The van der Waals surface area contributed by atoms with E-state index in [4.69, 9.17) is 5.26 Å². The molecule has 0 radical (unpaired) electrons. The summed E-state index contributed by atoms with van der Waals surface area (Å²) in [6, 6.07) is 5.96. The Bertz CT molecular complexity index is 339. The van der Waals surface area contributed by atoms with Crippen molar-refractivity contribution in [2.45, 2.75) is 17.7 Å². The third-order valence-corrected chi connectivity index (χ3v) is 3.33. The fourth-order valence-electron chi connectivity index (χ4n) is 1.08. The predicted octanol–water partition coefficient (Wildman–Crippen LogP) is 2.46. The normalized spacial score (nSPS) is 15.3. The van der Waals surface area contributed by atoms with E-state index in [-0.39, 0.29) is 0 Å². The van der Waals surface area contributed by atoms with Gasteiger partial charge < -0.3 is 0 Å². The largest absolute Gasteiger partial charge is 0.244 e. The van der Waals surface area contributed by atoms with Crippen LogP contribution in [0.5, 0.6) is 0 Å². The lowest BCUT2D eigenvalue weighted by Gasteiger charge is -2.00. The lowest BCUT2D eigenvalue weighted by Crippen LogP contribution is -1.87. The molecule has 0 aromatic carbocycles. The molecule has 13 heavy (non-hydrogen) atoms. The molecule has 0 bridgehead atoms. The van der Waals surface area contributed by atoms with E-state index in [2.05, 4.69) is 11.1 Å². The van der Waals surface area contributed by atoms with Crippen molar-refractivity contribution in [2.75, 3.05) is 5.75 Å². The van der Waals surface area contributed by atoms with Crippen LogP contribution in [0.15, 0.2) is 23.2 Å². The second-order valence-corrected chi connectivity index (χ2v) is 4.28. The molecular formula is C10H10N2S. The molecule has 0 aliphatic heterocycles. The van der Waals surface area contributed by atoms with Crippen molar-refractivity contribution in [1.29, 1.82) is 5.26 Å². The van der Waals surface area contributed by atoms with E-state index in [0.29, 0.717) is 5.69 Å². The zero-order chi connectivity index (χ0) is 9.10. The molecule has 1 aromatic heterocycles. The molecule has 1 fully saturated rings. The molecule has 0 spiro atoms. The summed E-state index contributed by atoms with van der Waals surface area (Å²) < 4.78 is 0. The Kier molecular flexibility index (Phi) is 2.51. The Morgan fingerprint density at radius 3 is 3.15 bits per heavy atom. The van der Waals surface area contributed by atoms with Crippen LogP contribution in [0, 0.1) is 17.2 Å². The average Bonchev–Trinajstić information content (AvgIpc) is 2.99. The van der Waals surface area contributed by atoms with E-state index >= 15 is 0 Å². The molecule has 1 aliphatic rings. The second-order valence-electron chi connectivity index (χ2n) is 3.22. The maximum absolute atomic E-state index is 8.77. The highest BCUT2D eigenvalue weighted by atomic mass is 32.2. The zero-order valence-corrected chi connectivity index (χ0v) is 8.05. The van der Waals surface area contributed by atoms with Crippen LogP contribution in [0.2, 0.25) is 0 Å². The summed E-state index contributed by atoms with van der Waals surface area (Å²) >= 11 is 1.76. The molecule has 0 N–H and O–H groups in total. The standard InChI is InChI=1S/C10H10N2S/c11-6-9-10(2-1-5-12-9)13-7-8-3-4-8/h1-2,5,8H,3-4,7H2. The minimum atomic E-state index is 0.563. The highest BCUT2D eigenvalue weighted by Gasteiger charge is 2.21. The van der Waals surface area contributed by atoms with Gasteiger partial charge in [-0.15, -0.1) is 11.8 Å². The van der Waals surface area contributed by atoms with Crippen LogP contribution in [0.1, 0.15) is 18.5 Å². The summed E-state index contributed by atoms with van der Waals surface area (Å²) in [6.07, 6.45) is 4.38. The summed E-state index contributed by atoms with van der Waals surface area (Å²) in [4.78, 5) is 5.04. The number of nitriles is 1. The minimum Gasteiger partial charge on any atom is -0.244 e. The van der Waals surface area contributed by atoms with Crippen LogP contribution in [0.25, 0.3) is 0 Å². The Morgan fingerprint density at radius 2 is 2.46 bits per heavy atom. The summed E-state index contributed by atoms with van der Waals surface area (Å²) in [5.74, 6) is 2.03. The van der Waals surface area contributed by atoms with E-state index in [1.54, 1.807) is 18.0 Å². The highest BCUT2D eigenvalue weighted by molar-refractivity contribution is 7.99. The van der Waals surface area contributed by atoms with E-state index in [9.17, 15) is 0 Å². The number of thioether (sulfide) groups is 1. The first-order valence-electron chi connectivity index (χ1n) is 4.38. The van der Waals surface area contributed by atoms with Crippen molar-refractivity contribution in [1.82, 2.24) is 4.98 Å². The number of pyridine rings is 1. The van der Waals surface area contributed by atoms with Gasteiger partial charge in [0.2, 0.25) is 0 Å². The molecule has 0 saturated heterocycles. The topological polar surface area (TPSA) is 36.7 Å². The third-order valence-electron chi connectivity index (χ3n) is 2.05. The molecule has 3 heteroatoms. The average molecular weight is 190 g/mol. The lowest BCUT2D eigenvalue weighted by molar-refractivity contribution is 0.998. The molecule has 1 saturated carbocycles. The van der Waals surface area contributed by atoms with Gasteiger partial charge >= 0.3 is 0 Å². The van der Waals surface area contributed by atoms with Crippen molar-refractivity contribution >= 4 is 11.8 Å². The molecule has 0 amide bonds. The molecule has 1 aliphatic carbocycles. The van der Waals surface area contributed by atoms with Crippen LogP contribution in [0.4, 0.5) is 0 Å². The smallest absolute Gasteiger partial charge is 0.153 e. The summed E-state index contributed by atoms with van der Waals surface area (Å²) in [7, 11) is 0. The maximum Gasteiger partial charge on any atom is 0.153 e. The van der Waals surface area contributed by atoms with Gasteiger partial charge in [0.05, 0.1) is 0 Å². The second kappa shape index (κ2) is 3.80. The molecule has 66 valence electrons. The molecule has 2 nitrogen and oxygen atoms in total. The van der Waals surface area contributed by atoms with Crippen LogP contribution in [-0.4, -0.2) is 10.7 Å². The molecule has 1 heterocycles. The number of rotatable bonds is 3. The minimum absolute atomic E-state index is 0.563. The zero-order valence-electron chi connectivity index (χ0n) is 7.23. The van der Waals surface area contributed by atoms with Gasteiger partial charge in [-0.1, -0.05) is 0 Å². The molecular weight excluding hydrogens is 180 g/mol. The van der Waals surface area contributed by atoms with E-state index in [1.807, 2.05) is 12.1 Å². The number of nitrogens with zero attached hydrogens (tertiary/aromatic N) is 2. The van der Waals surface area contributed by atoms with E-state index in [1.165, 1.54) is 12.8 Å². The van der Waals surface area contributed by atoms with Gasteiger partial charge in [-0.3, -0.25) is 0 Å². The Hall–Kier alpha value is -1.01. The summed E-state index contributed by atoms with van der Waals surface area (Å²) in [5.41, 5.74) is 0.563. The Balaban J connectivity index is 2.05. The van der Waals surface area contributed by atoms with Crippen LogP contribution < -0.4 is 0 Å². The monoisotopic (exact) mass is 190 g/mol. The van der Waals surface area contributed by atoms with Crippen LogP contribution in [-0.2, 0) is 0 Å². The van der Waals surface area contributed by atoms with Crippen LogP contribution in [0.3, 0.4) is 0 Å². The fourth-order valence-corrected chi connectivity index (χ4v) is 2.24. The van der Waals surface area contributed by atoms with Gasteiger partial charge in [-0.2, -0.15) is 5.26 Å². The lowest BCUT2D eigenvalue weighted by atomic mass is 10.4. The number of hydrogen-bond acceptors (Lipinski definition) is 3. The predicted molar refractivity (Wildman–Crippen MR) is 52.4 cm³/mol. The van der Waals surface area contributed by atoms with Crippen molar-refractivity contribution < 1.29 is 0 Å². The quantitative estimate of drug-likeness (QED) is 0.687. The molecule has 0 atom stereocenters. The summed E-state index contributed by atoms with van der Waals surface area (Å²) in [5, 5.41) is 8.77. The maximum atomic E-state index is 8.77. The van der Waals surface area contributed by atoms with E-state index < -0.39 is 0 Å². The first-order chi connectivity index (χ1) is 6.40. The highest BCUT2D eigenvalue weighted by Crippen LogP contribution is 2.35. The van der Waals surface area contributed by atoms with Gasteiger partial charge in [-0.05, 0) is 30.9 Å². The van der Waals surface area contributed by atoms with Gasteiger partial charge in [0.25, 0.3) is 0 Å². The number of hydrogen-bond donors (Lipinski definition) is 0. The van der Waals surface area contributed by atoms with Gasteiger partial charge in [0, 0.05) is 16.8 Å². The number of aromatic nitrogens is 1. The van der Waals surface area contributed by atoms with Crippen molar-refractivity contribution in [2.24, 2.45) is 5.92 Å². The SMILES string of the molecule is N#Cc1ncccc1SCC1CC1. The van der Waals surface area contributed by atoms with Gasteiger partial charge in [-0.25, -0.2) is 4.98 Å². The van der Waals surface area contributed by atoms with Gasteiger partial charge in [0.15, 0.2) is 5.69 Å². The Labute approximate surface area is 82.0 Å². The van der Waals surface area contributed by atoms with Crippen molar-refractivity contribution in [3.63, 3.8) is 0 Å². The first-order valence-corrected chi connectivity index (χ1v) is 5.36. The van der Waals surface area contributed by atoms with Gasteiger partial charge in [0.1, 0.15) is 6.07 Å². The van der Waals surface area contributed by atoms with E-state index in [0.717, 1.165) is 16.6 Å². The third kappa shape index (κ3) is 2.22. The molecule has 0 unspecified atom stereocenters.